The van der Waals surface area contributed by atoms with E-state index in [1.807, 2.05) is 18.7 Å². The van der Waals surface area contributed by atoms with Gasteiger partial charge < -0.3 is 5.11 Å². The Labute approximate surface area is 85.8 Å². The zero-order valence-electron chi connectivity index (χ0n) is 9.32. The zero-order valence-corrected chi connectivity index (χ0v) is 9.32. The molecule has 0 radical (unpaired) electrons. The van der Waals surface area contributed by atoms with Crippen molar-refractivity contribution in [2.75, 3.05) is 0 Å². The predicted octanol–water partition coefficient (Wildman–Crippen LogP) is 1.69. The van der Waals surface area contributed by atoms with E-state index < -0.39 is 0 Å². The Morgan fingerprint density at radius 2 is 2.29 bits per heavy atom. The van der Waals surface area contributed by atoms with Gasteiger partial charge in [-0.1, -0.05) is 6.92 Å². The highest BCUT2D eigenvalue weighted by atomic mass is 16.3. The Kier molecular flexibility index (Phi) is 4.14. The lowest BCUT2D eigenvalue weighted by Gasteiger charge is -2.03. The van der Waals surface area contributed by atoms with Crippen molar-refractivity contribution in [2.45, 2.75) is 45.6 Å². The summed E-state index contributed by atoms with van der Waals surface area (Å²) in [5.41, 5.74) is 2.42. The molecule has 1 aromatic rings. The molecule has 3 heteroatoms. The van der Waals surface area contributed by atoms with Crippen molar-refractivity contribution in [1.82, 2.24) is 9.78 Å². The molecular weight excluding hydrogens is 176 g/mol. The summed E-state index contributed by atoms with van der Waals surface area (Å²) in [5, 5.41) is 13.5. The molecule has 0 saturated heterocycles. The van der Waals surface area contributed by atoms with Gasteiger partial charge in [-0.15, -0.1) is 0 Å². The summed E-state index contributed by atoms with van der Waals surface area (Å²) in [6, 6.07) is 2.15. The number of aliphatic hydroxyl groups is 1. The van der Waals surface area contributed by atoms with Crippen LogP contribution in [0.5, 0.6) is 0 Å². The molecule has 0 bridgehead atoms. The summed E-state index contributed by atoms with van der Waals surface area (Å²) in [4.78, 5) is 0. The summed E-state index contributed by atoms with van der Waals surface area (Å²) in [5.74, 6) is 0. The van der Waals surface area contributed by atoms with E-state index in [2.05, 4.69) is 18.1 Å². The van der Waals surface area contributed by atoms with Gasteiger partial charge in [0.15, 0.2) is 0 Å². The second-order valence-corrected chi connectivity index (χ2v) is 3.85. The molecule has 0 saturated carbocycles. The van der Waals surface area contributed by atoms with Crippen molar-refractivity contribution in [3.8, 4) is 0 Å². The standard InChI is InChI=1S/C11H20N2O/c1-4-10-8-11(13(3)12-10)7-5-6-9(2)14/h8-9,14H,4-7H2,1-3H3. The van der Waals surface area contributed by atoms with Crippen molar-refractivity contribution in [2.24, 2.45) is 7.05 Å². The molecular formula is C11H20N2O. The zero-order chi connectivity index (χ0) is 10.6. The largest absolute Gasteiger partial charge is 0.393 e. The first kappa shape index (κ1) is 11.2. The van der Waals surface area contributed by atoms with Crippen LogP contribution in [-0.4, -0.2) is 21.0 Å². The molecule has 1 unspecified atom stereocenters. The average molecular weight is 196 g/mol. The summed E-state index contributed by atoms with van der Waals surface area (Å²) < 4.78 is 1.95. The molecule has 0 aromatic carbocycles. The molecule has 0 aliphatic carbocycles. The van der Waals surface area contributed by atoms with Gasteiger partial charge in [-0.3, -0.25) is 4.68 Å². The fourth-order valence-electron chi connectivity index (χ4n) is 1.56. The maximum absolute atomic E-state index is 9.13. The van der Waals surface area contributed by atoms with Crippen molar-refractivity contribution < 1.29 is 5.11 Å². The minimum atomic E-state index is -0.186. The second-order valence-electron chi connectivity index (χ2n) is 3.85. The molecule has 0 aliphatic heterocycles. The van der Waals surface area contributed by atoms with Crippen LogP contribution in [0.1, 0.15) is 38.1 Å². The van der Waals surface area contributed by atoms with Crippen molar-refractivity contribution in [1.29, 1.82) is 0 Å². The monoisotopic (exact) mass is 196 g/mol. The molecule has 80 valence electrons. The maximum Gasteiger partial charge on any atom is 0.0624 e. The van der Waals surface area contributed by atoms with Crippen LogP contribution in [0.2, 0.25) is 0 Å². The molecule has 14 heavy (non-hydrogen) atoms. The summed E-state index contributed by atoms with van der Waals surface area (Å²) in [6.07, 6.45) is 3.71. The Hall–Kier alpha value is -0.830. The first-order valence-corrected chi connectivity index (χ1v) is 5.33. The predicted molar refractivity (Wildman–Crippen MR) is 57.2 cm³/mol. The highest BCUT2D eigenvalue weighted by molar-refractivity contribution is 5.10. The van der Waals surface area contributed by atoms with Crippen molar-refractivity contribution >= 4 is 0 Å². The Balaban J connectivity index is 2.45. The van der Waals surface area contributed by atoms with Gasteiger partial charge in [0.25, 0.3) is 0 Å². The van der Waals surface area contributed by atoms with E-state index in [1.54, 1.807) is 0 Å². The Bertz CT molecular complexity index is 279. The van der Waals surface area contributed by atoms with E-state index in [4.69, 9.17) is 5.11 Å². The van der Waals surface area contributed by atoms with Crippen LogP contribution in [0.3, 0.4) is 0 Å². The van der Waals surface area contributed by atoms with Gasteiger partial charge in [0.1, 0.15) is 0 Å². The third kappa shape index (κ3) is 3.14. The SMILES string of the molecule is CCc1cc(CCCC(C)O)n(C)n1. The van der Waals surface area contributed by atoms with E-state index >= 15 is 0 Å². The molecule has 3 nitrogen and oxygen atoms in total. The lowest BCUT2D eigenvalue weighted by molar-refractivity contribution is 0.181. The number of hydrogen-bond donors (Lipinski definition) is 1. The number of nitrogens with zero attached hydrogens (tertiary/aromatic N) is 2. The fourth-order valence-corrected chi connectivity index (χ4v) is 1.56. The average Bonchev–Trinajstić information content (AvgIpc) is 2.47. The van der Waals surface area contributed by atoms with E-state index in [0.717, 1.165) is 31.4 Å². The van der Waals surface area contributed by atoms with E-state index in [-0.39, 0.29) is 6.10 Å². The normalized spacial score (nSPS) is 13.1. The molecule has 1 heterocycles. The maximum atomic E-state index is 9.13. The molecule has 0 spiro atoms. The molecule has 1 rings (SSSR count). The Morgan fingerprint density at radius 1 is 1.57 bits per heavy atom. The first-order valence-electron chi connectivity index (χ1n) is 5.33. The first-order chi connectivity index (χ1) is 6.63. The van der Waals surface area contributed by atoms with Crippen LogP contribution in [0, 0.1) is 0 Å². The van der Waals surface area contributed by atoms with Gasteiger partial charge >= 0.3 is 0 Å². The molecule has 1 N–H and O–H groups in total. The lowest BCUT2D eigenvalue weighted by atomic mass is 10.1. The molecule has 0 fully saturated rings. The van der Waals surface area contributed by atoms with E-state index in [9.17, 15) is 0 Å². The summed E-state index contributed by atoms with van der Waals surface area (Å²) in [7, 11) is 1.98. The Morgan fingerprint density at radius 3 is 2.79 bits per heavy atom. The number of rotatable bonds is 5. The molecule has 1 atom stereocenters. The van der Waals surface area contributed by atoms with Crippen LogP contribution < -0.4 is 0 Å². The van der Waals surface area contributed by atoms with Crippen LogP contribution in [0.15, 0.2) is 6.07 Å². The highest BCUT2D eigenvalue weighted by Crippen LogP contribution is 2.08. The van der Waals surface area contributed by atoms with Crippen LogP contribution >= 0.6 is 0 Å². The molecule has 0 aliphatic rings. The van der Waals surface area contributed by atoms with Gasteiger partial charge in [-0.25, -0.2) is 0 Å². The number of aromatic nitrogens is 2. The smallest absolute Gasteiger partial charge is 0.0624 e. The van der Waals surface area contributed by atoms with E-state index in [1.165, 1.54) is 5.69 Å². The van der Waals surface area contributed by atoms with Crippen LogP contribution in [-0.2, 0) is 19.9 Å². The summed E-state index contributed by atoms with van der Waals surface area (Å²) >= 11 is 0. The third-order valence-electron chi connectivity index (χ3n) is 2.44. The number of hydrogen-bond acceptors (Lipinski definition) is 2. The fraction of sp³-hybridized carbons (Fsp3) is 0.727. The topological polar surface area (TPSA) is 38.0 Å². The third-order valence-corrected chi connectivity index (χ3v) is 2.44. The minimum Gasteiger partial charge on any atom is -0.393 e. The second kappa shape index (κ2) is 5.15. The van der Waals surface area contributed by atoms with Crippen LogP contribution in [0.4, 0.5) is 0 Å². The van der Waals surface area contributed by atoms with E-state index in [0.29, 0.717) is 0 Å². The quantitative estimate of drug-likeness (QED) is 0.778. The van der Waals surface area contributed by atoms with Crippen LogP contribution in [0.25, 0.3) is 0 Å². The van der Waals surface area contributed by atoms with Gasteiger partial charge in [0.05, 0.1) is 11.8 Å². The molecule has 0 amide bonds. The lowest BCUT2D eigenvalue weighted by Crippen LogP contribution is -2.02. The van der Waals surface area contributed by atoms with Gasteiger partial charge in [0, 0.05) is 12.7 Å². The van der Waals surface area contributed by atoms with Gasteiger partial charge in [-0.05, 0) is 38.7 Å². The summed E-state index contributed by atoms with van der Waals surface area (Å²) in [6.45, 7) is 3.95. The van der Waals surface area contributed by atoms with Gasteiger partial charge in [0.2, 0.25) is 0 Å². The van der Waals surface area contributed by atoms with Gasteiger partial charge in [-0.2, -0.15) is 5.10 Å². The highest BCUT2D eigenvalue weighted by Gasteiger charge is 2.04. The number of aliphatic hydroxyl groups excluding tert-OH is 1. The minimum absolute atomic E-state index is 0.186. The molecule has 1 aromatic heterocycles. The number of aryl methyl sites for hydroxylation is 3. The van der Waals surface area contributed by atoms with Crippen molar-refractivity contribution in [3.05, 3.63) is 17.5 Å². The van der Waals surface area contributed by atoms with Crippen molar-refractivity contribution in [3.63, 3.8) is 0 Å².